The van der Waals surface area contributed by atoms with E-state index in [4.69, 9.17) is 4.74 Å². The van der Waals surface area contributed by atoms with E-state index >= 15 is 0 Å². The number of ether oxygens (including phenoxy) is 1. The Kier molecular flexibility index (Phi) is 5.19. The second-order valence-corrected chi connectivity index (χ2v) is 8.56. The summed E-state index contributed by atoms with van der Waals surface area (Å²) in [5, 5.41) is 12.9. The van der Waals surface area contributed by atoms with Crippen molar-refractivity contribution in [3.8, 4) is 6.07 Å². The lowest BCUT2D eigenvalue weighted by atomic mass is 9.96. The molecule has 2 aliphatic carbocycles. The molecule has 28 heavy (non-hydrogen) atoms. The monoisotopic (exact) mass is 394 g/mol. The molecule has 144 valence electrons. The minimum absolute atomic E-state index is 0.332. The number of benzene rings is 1. The zero-order chi connectivity index (χ0) is 19.6. The molecule has 1 saturated carbocycles. The van der Waals surface area contributed by atoms with Gasteiger partial charge in [-0.15, -0.1) is 11.3 Å². The molecule has 1 aromatic heterocycles. The standard InChI is InChI=1S/C22H22N2O3S/c23-13-17-16-9-5-2-6-10-18(16)28-20(17)24-19(25)14-27-21(26)22(11-12-22)15-7-3-1-4-8-15/h1,3-4,7-8H,2,5-6,9-12,14H2,(H,24,25). The number of amides is 1. The summed E-state index contributed by atoms with van der Waals surface area (Å²) in [5.41, 5.74) is 2.00. The van der Waals surface area contributed by atoms with Crippen LogP contribution in [0.1, 0.15) is 53.7 Å². The molecule has 1 aromatic carbocycles. The summed E-state index contributed by atoms with van der Waals surface area (Å²) < 4.78 is 5.32. The minimum atomic E-state index is -0.598. The second-order valence-electron chi connectivity index (χ2n) is 7.45. The van der Waals surface area contributed by atoms with Crippen molar-refractivity contribution < 1.29 is 14.3 Å². The summed E-state index contributed by atoms with van der Waals surface area (Å²) in [4.78, 5) is 26.1. The van der Waals surface area contributed by atoms with Gasteiger partial charge in [0.15, 0.2) is 6.61 Å². The molecule has 0 saturated heterocycles. The van der Waals surface area contributed by atoms with Crippen molar-refractivity contribution in [3.63, 3.8) is 0 Å². The Morgan fingerprint density at radius 2 is 1.89 bits per heavy atom. The third kappa shape index (κ3) is 3.55. The third-order valence-corrected chi connectivity index (χ3v) is 6.79. The molecular weight excluding hydrogens is 372 g/mol. The van der Waals surface area contributed by atoms with Crippen LogP contribution in [0.4, 0.5) is 5.00 Å². The maximum atomic E-state index is 12.6. The number of hydrogen-bond donors (Lipinski definition) is 1. The van der Waals surface area contributed by atoms with E-state index in [9.17, 15) is 14.9 Å². The predicted molar refractivity (Wildman–Crippen MR) is 107 cm³/mol. The van der Waals surface area contributed by atoms with E-state index in [0.29, 0.717) is 10.6 Å². The third-order valence-electron chi connectivity index (χ3n) is 5.59. The van der Waals surface area contributed by atoms with Gasteiger partial charge < -0.3 is 10.1 Å². The molecule has 2 aromatic rings. The van der Waals surface area contributed by atoms with Gasteiger partial charge >= 0.3 is 5.97 Å². The summed E-state index contributed by atoms with van der Waals surface area (Å²) in [7, 11) is 0. The minimum Gasteiger partial charge on any atom is -0.455 e. The lowest BCUT2D eigenvalue weighted by molar-refractivity contribution is -0.150. The van der Waals surface area contributed by atoms with Crippen LogP contribution in [-0.2, 0) is 32.6 Å². The van der Waals surface area contributed by atoms with E-state index in [1.54, 1.807) is 0 Å². The number of aryl methyl sites for hydroxylation is 1. The van der Waals surface area contributed by atoms with Crippen molar-refractivity contribution in [2.45, 2.75) is 50.4 Å². The first-order valence-corrected chi connectivity index (χ1v) is 10.5. The number of carbonyl (C=O) groups excluding carboxylic acids is 2. The van der Waals surface area contributed by atoms with Crippen LogP contribution in [0.3, 0.4) is 0 Å². The molecule has 1 fully saturated rings. The van der Waals surface area contributed by atoms with E-state index < -0.39 is 11.3 Å². The van der Waals surface area contributed by atoms with Gasteiger partial charge in [0, 0.05) is 4.88 Å². The lowest BCUT2D eigenvalue weighted by Gasteiger charge is -2.14. The topological polar surface area (TPSA) is 79.2 Å². The molecule has 0 bridgehead atoms. The highest BCUT2D eigenvalue weighted by Gasteiger charge is 2.52. The normalized spacial score (nSPS) is 17.0. The van der Waals surface area contributed by atoms with Crippen LogP contribution in [0.25, 0.3) is 0 Å². The van der Waals surface area contributed by atoms with Crippen LogP contribution in [-0.4, -0.2) is 18.5 Å². The van der Waals surface area contributed by atoms with Gasteiger partial charge in [-0.3, -0.25) is 9.59 Å². The average molecular weight is 394 g/mol. The molecule has 1 amide bonds. The number of anilines is 1. The molecule has 0 radical (unpaired) electrons. The van der Waals surface area contributed by atoms with Crippen LogP contribution >= 0.6 is 11.3 Å². The number of esters is 1. The zero-order valence-corrected chi connectivity index (χ0v) is 16.4. The number of hydrogen-bond acceptors (Lipinski definition) is 5. The van der Waals surface area contributed by atoms with Crippen LogP contribution < -0.4 is 5.32 Å². The van der Waals surface area contributed by atoms with Gasteiger partial charge in [-0.05, 0) is 49.7 Å². The first-order chi connectivity index (χ1) is 13.6. The Hall–Kier alpha value is -2.65. The number of nitrogens with one attached hydrogen (secondary N) is 1. The largest absolute Gasteiger partial charge is 0.455 e. The van der Waals surface area contributed by atoms with Crippen LogP contribution in [0.2, 0.25) is 0 Å². The van der Waals surface area contributed by atoms with Gasteiger partial charge in [-0.25, -0.2) is 0 Å². The summed E-state index contributed by atoms with van der Waals surface area (Å²) in [6.45, 7) is -0.332. The highest BCUT2D eigenvalue weighted by atomic mass is 32.1. The lowest BCUT2D eigenvalue weighted by Crippen LogP contribution is -2.28. The fourth-order valence-corrected chi connectivity index (χ4v) is 5.13. The molecule has 0 spiro atoms. The van der Waals surface area contributed by atoms with Crippen molar-refractivity contribution in [3.05, 3.63) is 51.9 Å². The predicted octanol–water partition coefficient (Wildman–Crippen LogP) is 4.10. The summed E-state index contributed by atoms with van der Waals surface area (Å²) in [6.07, 6.45) is 6.70. The molecule has 0 atom stereocenters. The van der Waals surface area contributed by atoms with Crippen LogP contribution in [0, 0.1) is 11.3 Å². The number of carbonyl (C=O) groups is 2. The van der Waals surface area contributed by atoms with Gasteiger partial charge in [0.1, 0.15) is 11.1 Å². The van der Waals surface area contributed by atoms with Gasteiger partial charge in [-0.1, -0.05) is 36.8 Å². The fraction of sp³-hybridized carbons (Fsp3) is 0.409. The molecule has 0 aliphatic heterocycles. The summed E-state index contributed by atoms with van der Waals surface area (Å²) in [5.74, 6) is -0.749. The van der Waals surface area contributed by atoms with Crippen molar-refractivity contribution in [2.75, 3.05) is 11.9 Å². The molecule has 0 unspecified atom stereocenters. The van der Waals surface area contributed by atoms with Crippen molar-refractivity contribution >= 4 is 28.2 Å². The summed E-state index contributed by atoms with van der Waals surface area (Å²) >= 11 is 1.48. The van der Waals surface area contributed by atoms with Crippen molar-refractivity contribution in [1.82, 2.24) is 0 Å². The van der Waals surface area contributed by atoms with Crippen molar-refractivity contribution in [1.29, 1.82) is 5.26 Å². The van der Waals surface area contributed by atoms with Gasteiger partial charge in [0.25, 0.3) is 5.91 Å². The maximum absolute atomic E-state index is 12.6. The van der Waals surface area contributed by atoms with Crippen LogP contribution in [0.15, 0.2) is 30.3 Å². The van der Waals surface area contributed by atoms with Crippen LogP contribution in [0.5, 0.6) is 0 Å². The molecule has 2 aliphatic rings. The maximum Gasteiger partial charge on any atom is 0.317 e. The molecule has 4 rings (SSSR count). The van der Waals surface area contributed by atoms with E-state index in [1.807, 2.05) is 30.3 Å². The smallest absolute Gasteiger partial charge is 0.317 e. The van der Waals surface area contributed by atoms with E-state index in [0.717, 1.165) is 49.7 Å². The Morgan fingerprint density at radius 3 is 2.61 bits per heavy atom. The van der Waals surface area contributed by atoms with Gasteiger partial charge in [0.2, 0.25) is 0 Å². The van der Waals surface area contributed by atoms with E-state index in [1.165, 1.54) is 22.6 Å². The Balaban J connectivity index is 1.39. The molecule has 1 N–H and O–H groups in total. The second kappa shape index (κ2) is 7.76. The fourth-order valence-electron chi connectivity index (χ4n) is 3.87. The Labute approximate surface area is 168 Å². The number of nitrogens with zero attached hydrogens (tertiary/aromatic N) is 1. The highest BCUT2D eigenvalue weighted by molar-refractivity contribution is 7.16. The first kappa shape index (κ1) is 18.7. The average Bonchev–Trinajstić information content (AvgIpc) is 3.50. The summed E-state index contributed by atoms with van der Waals surface area (Å²) in [6, 6.07) is 11.8. The van der Waals surface area contributed by atoms with Gasteiger partial charge in [0.05, 0.1) is 11.0 Å². The van der Waals surface area contributed by atoms with E-state index in [-0.39, 0.29) is 12.6 Å². The Bertz CT molecular complexity index is 939. The van der Waals surface area contributed by atoms with Crippen molar-refractivity contribution in [2.24, 2.45) is 0 Å². The number of fused-ring (bicyclic) bond motifs is 1. The Morgan fingerprint density at radius 1 is 1.14 bits per heavy atom. The number of thiophene rings is 1. The first-order valence-electron chi connectivity index (χ1n) is 9.71. The molecule has 5 nitrogen and oxygen atoms in total. The number of nitriles is 1. The SMILES string of the molecule is N#Cc1c(NC(=O)COC(=O)C2(c3ccccc3)CC2)sc2c1CCCCC2. The zero-order valence-electron chi connectivity index (χ0n) is 15.6. The molecule has 6 heteroatoms. The molecular formula is C22H22N2O3S. The highest BCUT2D eigenvalue weighted by Crippen LogP contribution is 2.49. The quantitative estimate of drug-likeness (QED) is 0.612. The van der Waals surface area contributed by atoms with E-state index in [2.05, 4.69) is 11.4 Å². The van der Waals surface area contributed by atoms with Gasteiger partial charge in [-0.2, -0.15) is 5.26 Å². The number of rotatable bonds is 5. The molecule has 1 heterocycles.